The number of hydrogen-bond donors (Lipinski definition) is 3. The van der Waals surface area contributed by atoms with Crippen LogP contribution in [-0.2, 0) is 13.1 Å². The minimum Gasteiger partial charge on any atom is -0.338 e. The first-order valence-corrected chi connectivity index (χ1v) is 8.20. The van der Waals surface area contributed by atoms with Gasteiger partial charge in [-0.15, -0.1) is 0 Å². The molecule has 0 aliphatic carbocycles. The molecule has 4 rings (SSSR count). The number of nitrogens with zero attached hydrogens (tertiary/aromatic N) is 2. The number of fused-ring (bicyclic) bond motifs is 1. The zero-order chi connectivity index (χ0) is 17.2. The number of benzene rings is 2. The van der Waals surface area contributed by atoms with Gasteiger partial charge in [0.1, 0.15) is 0 Å². The SMILES string of the molecule is Cc1cccc(Nc2n[nH]c3c2CN(C(=O)Nc2ccccc2)C3)c1. The molecule has 0 bridgehead atoms. The molecule has 2 aromatic carbocycles. The van der Waals surface area contributed by atoms with Gasteiger partial charge in [-0.1, -0.05) is 30.3 Å². The normalized spacial score (nSPS) is 12.8. The third kappa shape index (κ3) is 3.19. The number of hydrogen-bond acceptors (Lipinski definition) is 3. The van der Waals surface area contributed by atoms with Gasteiger partial charge in [0, 0.05) is 16.9 Å². The van der Waals surface area contributed by atoms with Crippen molar-refractivity contribution in [3.63, 3.8) is 0 Å². The van der Waals surface area contributed by atoms with Gasteiger partial charge >= 0.3 is 6.03 Å². The van der Waals surface area contributed by atoms with E-state index in [2.05, 4.69) is 39.9 Å². The van der Waals surface area contributed by atoms with Crippen molar-refractivity contribution in [2.75, 3.05) is 10.6 Å². The number of aryl methyl sites for hydroxylation is 1. The fourth-order valence-electron chi connectivity index (χ4n) is 2.97. The Bertz CT molecular complexity index is 903. The average Bonchev–Trinajstić information content (AvgIpc) is 3.18. The third-order valence-electron chi connectivity index (χ3n) is 4.24. The van der Waals surface area contributed by atoms with Gasteiger partial charge in [-0.05, 0) is 36.8 Å². The number of rotatable bonds is 3. The molecule has 6 nitrogen and oxygen atoms in total. The predicted molar refractivity (Wildman–Crippen MR) is 97.8 cm³/mol. The molecule has 6 heteroatoms. The van der Waals surface area contributed by atoms with Crippen LogP contribution in [0.4, 0.5) is 22.0 Å². The number of amides is 2. The Hall–Kier alpha value is -3.28. The van der Waals surface area contributed by atoms with Crippen molar-refractivity contribution < 1.29 is 4.79 Å². The van der Waals surface area contributed by atoms with Crippen molar-refractivity contribution in [3.8, 4) is 0 Å². The van der Waals surface area contributed by atoms with E-state index in [4.69, 9.17) is 0 Å². The van der Waals surface area contributed by atoms with Crippen LogP contribution in [0.3, 0.4) is 0 Å². The minimum absolute atomic E-state index is 0.114. The molecule has 1 aromatic heterocycles. The van der Waals surface area contributed by atoms with Gasteiger partial charge in [-0.3, -0.25) is 5.10 Å². The molecule has 1 aliphatic rings. The lowest BCUT2D eigenvalue weighted by Crippen LogP contribution is -2.30. The number of anilines is 3. The van der Waals surface area contributed by atoms with Crippen LogP contribution >= 0.6 is 0 Å². The number of H-pyrrole nitrogens is 1. The summed E-state index contributed by atoms with van der Waals surface area (Å²) in [6, 6.07) is 17.5. The second-order valence-corrected chi connectivity index (χ2v) is 6.18. The highest BCUT2D eigenvalue weighted by atomic mass is 16.2. The van der Waals surface area contributed by atoms with Crippen molar-refractivity contribution in [3.05, 3.63) is 71.4 Å². The van der Waals surface area contributed by atoms with Crippen LogP contribution in [0, 0.1) is 6.92 Å². The topological polar surface area (TPSA) is 73.0 Å². The molecule has 3 aromatic rings. The zero-order valence-corrected chi connectivity index (χ0v) is 13.9. The summed E-state index contributed by atoms with van der Waals surface area (Å²) >= 11 is 0. The molecule has 0 saturated heterocycles. The number of nitrogens with one attached hydrogen (secondary N) is 3. The van der Waals surface area contributed by atoms with E-state index in [1.165, 1.54) is 5.56 Å². The van der Waals surface area contributed by atoms with Crippen LogP contribution < -0.4 is 10.6 Å². The summed E-state index contributed by atoms with van der Waals surface area (Å²) in [7, 11) is 0. The van der Waals surface area contributed by atoms with Gasteiger partial charge in [-0.25, -0.2) is 4.79 Å². The molecule has 2 amide bonds. The van der Waals surface area contributed by atoms with Crippen molar-refractivity contribution in [1.82, 2.24) is 15.1 Å². The summed E-state index contributed by atoms with van der Waals surface area (Å²) in [5.41, 5.74) is 4.96. The average molecular weight is 333 g/mol. The Balaban J connectivity index is 1.46. The van der Waals surface area contributed by atoms with Crippen LogP contribution in [0.1, 0.15) is 16.8 Å². The van der Waals surface area contributed by atoms with E-state index in [9.17, 15) is 4.79 Å². The van der Waals surface area contributed by atoms with Gasteiger partial charge in [-0.2, -0.15) is 5.10 Å². The van der Waals surface area contributed by atoms with Gasteiger partial charge in [0.2, 0.25) is 0 Å². The number of para-hydroxylation sites is 1. The second kappa shape index (κ2) is 6.32. The first-order chi connectivity index (χ1) is 12.2. The van der Waals surface area contributed by atoms with Crippen molar-refractivity contribution in [2.45, 2.75) is 20.0 Å². The van der Waals surface area contributed by atoms with Gasteiger partial charge in [0.25, 0.3) is 0 Å². The molecular weight excluding hydrogens is 314 g/mol. The molecule has 0 spiro atoms. The fraction of sp³-hybridized carbons (Fsp3) is 0.158. The van der Waals surface area contributed by atoms with E-state index >= 15 is 0 Å². The van der Waals surface area contributed by atoms with Crippen LogP contribution in [0.2, 0.25) is 0 Å². The van der Waals surface area contributed by atoms with Crippen molar-refractivity contribution in [1.29, 1.82) is 0 Å². The van der Waals surface area contributed by atoms with E-state index in [-0.39, 0.29) is 6.03 Å². The molecule has 3 N–H and O–H groups in total. The first kappa shape index (κ1) is 15.3. The maximum Gasteiger partial charge on any atom is 0.322 e. The zero-order valence-electron chi connectivity index (χ0n) is 13.9. The van der Waals surface area contributed by atoms with E-state index in [0.29, 0.717) is 13.1 Å². The number of urea groups is 1. The second-order valence-electron chi connectivity index (χ2n) is 6.18. The Kier molecular flexibility index (Phi) is 3.85. The molecular formula is C19H19N5O. The standard InChI is InChI=1S/C19H19N5O/c1-13-6-5-9-15(10-13)20-18-16-11-24(12-17(16)22-23-18)19(25)21-14-7-3-2-4-8-14/h2-10H,11-12H2,1H3,(H,21,25)(H2,20,22,23). The Morgan fingerprint density at radius 2 is 1.88 bits per heavy atom. The molecule has 0 radical (unpaired) electrons. The van der Waals surface area contributed by atoms with Crippen LogP contribution in [0.5, 0.6) is 0 Å². The van der Waals surface area contributed by atoms with Gasteiger partial charge in [0.15, 0.2) is 5.82 Å². The minimum atomic E-state index is -0.114. The number of aromatic nitrogens is 2. The molecule has 25 heavy (non-hydrogen) atoms. The van der Waals surface area contributed by atoms with Gasteiger partial charge in [0.05, 0.1) is 18.8 Å². The molecule has 1 aliphatic heterocycles. The molecule has 0 atom stereocenters. The van der Waals surface area contributed by atoms with E-state index in [1.807, 2.05) is 42.5 Å². The van der Waals surface area contributed by atoms with Crippen molar-refractivity contribution >= 4 is 23.2 Å². The van der Waals surface area contributed by atoms with Gasteiger partial charge < -0.3 is 15.5 Å². The van der Waals surface area contributed by atoms with Crippen molar-refractivity contribution in [2.24, 2.45) is 0 Å². The first-order valence-electron chi connectivity index (χ1n) is 8.20. The molecule has 126 valence electrons. The monoisotopic (exact) mass is 333 g/mol. The highest BCUT2D eigenvalue weighted by molar-refractivity contribution is 5.89. The summed E-state index contributed by atoms with van der Waals surface area (Å²) in [6.07, 6.45) is 0. The van der Waals surface area contributed by atoms with E-state index in [1.54, 1.807) is 4.90 Å². The molecule has 0 unspecified atom stereocenters. The Morgan fingerprint density at radius 1 is 1.08 bits per heavy atom. The summed E-state index contributed by atoms with van der Waals surface area (Å²) in [6.45, 7) is 3.10. The maximum absolute atomic E-state index is 12.5. The number of carbonyl (C=O) groups is 1. The molecule has 0 fully saturated rings. The number of carbonyl (C=O) groups excluding carboxylic acids is 1. The Labute approximate surface area is 145 Å². The van der Waals surface area contributed by atoms with Crippen LogP contribution in [-0.4, -0.2) is 21.1 Å². The summed E-state index contributed by atoms with van der Waals surface area (Å²) in [5.74, 6) is 0.774. The van der Waals surface area contributed by atoms with Crippen LogP contribution in [0.25, 0.3) is 0 Å². The molecule has 2 heterocycles. The van der Waals surface area contributed by atoms with Crippen LogP contribution in [0.15, 0.2) is 54.6 Å². The smallest absolute Gasteiger partial charge is 0.322 e. The Morgan fingerprint density at radius 3 is 2.68 bits per heavy atom. The predicted octanol–water partition coefficient (Wildman–Crippen LogP) is 4.01. The third-order valence-corrected chi connectivity index (χ3v) is 4.24. The fourth-order valence-corrected chi connectivity index (χ4v) is 2.97. The highest BCUT2D eigenvalue weighted by Gasteiger charge is 2.28. The quantitative estimate of drug-likeness (QED) is 0.678. The lowest BCUT2D eigenvalue weighted by molar-refractivity contribution is 0.212. The largest absolute Gasteiger partial charge is 0.338 e. The summed E-state index contributed by atoms with van der Waals surface area (Å²) < 4.78 is 0. The number of aromatic amines is 1. The lowest BCUT2D eigenvalue weighted by Gasteiger charge is -2.17. The maximum atomic E-state index is 12.5. The van der Waals surface area contributed by atoms with E-state index < -0.39 is 0 Å². The highest BCUT2D eigenvalue weighted by Crippen LogP contribution is 2.29. The van der Waals surface area contributed by atoms with E-state index in [0.717, 1.165) is 28.5 Å². The lowest BCUT2D eigenvalue weighted by atomic mass is 10.2. The molecule has 0 saturated carbocycles. The summed E-state index contributed by atoms with van der Waals surface area (Å²) in [4.78, 5) is 14.2. The summed E-state index contributed by atoms with van der Waals surface area (Å²) in [5, 5.41) is 13.6.